The number of ether oxygens (including phenoxy) is 2. The van der Waals surface area contributed by atoms with Gasteiger partial charge in [0, 0.05) is 5.56 Å². The van der Waals surface area contributed by atoms with E-state index in [-0.39, 0.29) is 5.75 Å². The van der Waals surface area contributed by atoms with Crippen LogP contribution in [-0.2, 0) is 16.8 Å². The molecule has 0 bridgehead atoms. The maximum atomic E-state index is 14.0. The second-order valence-corrected chi connectivity index (χ2v) is 8.01. The monoisotopic (exact) mass is 404 g/mol. The van der Waals surface area contributed by atoms with Gasteiger partial charge in [0.1, 0.15) is 17.1 Å². The molecule has 2 aromatic rings. The molecule has 1 heterocycles. The lowest BCUT2D eigenvalue weighted by Gasteiger charge is -2.36. The van der Waals surface area contributed by atoms with Crippen LogP contribution in [-0.4, -0.2) is 17.2 Å². The van der Waals surface area contributed by atoms with E-state index in [9.17, 15) is 13.6 Å². The molecular weight excluding hydrogens is 378 g/mol. The number of halogens is 2. The standard InChI is InChI=1S/C23H26F2O4/c1-5-6-7-8-15-12-18-20(19(13-15)29-23(24,25)21(26)27)16-11-14(2)9-10-17(16)22(3,4)28-18/h9-13H,5-8H2,1-4H3,(H,26,27). The number of hydrogen-bond acceptors (Lipinski definition) is 3. The van der Waals surface area contributed by atoms with Gasteiger partial charge >= 0.3 is 12.1 Å². The highest BCUT2D eigenvalue weighted by Gasteiger charge is 2.44. The molecule has 0 spiro atoms. The highest BCUT2D eigenvalue weighted by molar-refractivity contribution is 5.83. The Morgan fingerprint density at radius 2 is 1.93 bits per heavy atom. The second kappa shape index (κ2) is 7.65. The van der Waals surface area contributed by atoms with Crippen molar-refractivity contribution < 1.29 is 28.2 Å². The van der Waals surface area contributed by atoms with Gasteiger partial charge in [0.25, 0.3) is 0 Å². The van der Waals surface area contributed by atoms with E-state index in [2.05, 4.69) is 6.92 Å². The summed E-state index contributed by atoms with van der Waals surface area (Å²) in [5.41, 5.74) is 2.98. The molecule has 0 amide bonds. The van der Waals surface area contributed by atoms with Crippen LogP contribution in [0.25, 0.3) is 11.1 Å². The maximum absolute atomic E-state index is 14.0. The largest absolute Gasteiger partial charge is 0.501 e. The zero-order chi connectivity index (χ0) is 21.4. The van der Waals surface area contributed by atoms with Gasteiger partial charge in [-0.05, 0) is 56.9 Å². The fourth-order valence-corrected chi connectivity index (χ4v) is 3.70. The smallest absolute Gasteiger partial charge is 0.482 e. The molecule has 1 aliphatic rings. The Hall–Kier alpha value is -2.63. The Kier molecular flexibility index (Phi) is 5.57. The quantitative estimate of drug-likeness (QED) is 0.568. The topological polar surface area (TPSA) is 55.8 Å². The van der Waals surface area contributed by atoms with Gasteiger partial charge in [0.05, 0.1) is 5.56 Å². The zero-order valence-corrected chi connectivity index (χ0v) is 17.1. The molecule has 0 fully saturated rings. The van der Waals surface area contributed by atoms with Crippen LogP contribution in [0.2, 0.25) is 0 Å². The summed E-state index contributed by atoms with van der Waals surface area (Å²) >= 11 is 0. The van der Waals surface area contributed by atoms with E-state index in [1.54, 1.807) is 0 Å². The Morgan fingerprint density at radius 3 is 2.59 bits per heavy atom. The molecule has 2 aromatic carbocycles. The molecule has 6 heteroatoms. The minimum Gasteiger partial charge on any atom is -0.482 e. The third-order valence-corrected chi connectivity index (χ3v) is 5.14. The lowest BCUT2D eigenvalue weighted by molar-refractivity contribution is -0.210. The summed E-state index contributed by atoms with van der Waals surface area (Å²) < 4.78 is 38.9. The van der Waals surface area contributed by atoms with Crippen molar-refractivity contribution in [3.63, 3.8) is 0 Å². The van der Waals surface area contributed by atoms with E-state index < -0.39 is 17.7 Å². The van der Waals surface area contributed by atoms with Crippen molar-refractivity contribution in [3.8, 4) is 22.6 Å². The van der Waals surface area contributed by atoms with Gasteiger partial charge in [0.2, 0.25) is 0 Å². The van der Waals surface area contributed by atoms with Crippen molar-refractivity contribution in [3.05, 3.63) is 47.0 Å². The predicted molar refractivity (Wildman–Crippen MR) is 107 cm³/mol. The van der Waals surface area contributed by atoms with Gasteiger partial charge in [-0.15, -0.1) is 0 Å². The van der Waals surface area contributed by atoms with Crippen LogP contribution in [0.15, 0.2) is 30.3 Å². The van der Waals surface area contributed by atoms with E-state index in [1.807, 2.05) is 45.0 Å². The van der Waals surface area contributed by atoms with Crippen LogP contribution >= 0.6 is 0 Å². The van der Waals surface area contributed by atoms with Crippen molar-refractivity contribution >= 4 is 5.97 Å². The van der Waals surface area contributed by atoms with Crippen molar-refractivity contribution in [1.29, 1.82) is 0 Å². The van der Waals surface area contributed by atoms with Crippen LogP contribution in [0, 0.1) is 6.92 Å². The molecule has 0 aliphatic carbocycles. The van der Waals surface area contributed by atoms with Gasteiger partial charge in [-0.25, -0.2) is 4.79 Å². The predicted octanol–water partition coefficient (Wildman–Crippen LogP) is 6.08. The average molecular weight is 404 g/mol. The number of rotatable bonds is 7. The summed E-state index contributed by atoms with van der Waals surface area (Å²) in [6.45, 7) is 7.83. The maximum Gasteiger partial charge on any atom is 0.501 e. The number of aliphatic carboxylic acids is 1. The van der Waals surface area contributed by atoms with Crippen LogP contribution in [0.4, 0.5) is 8.78 Å². The van der Waals surface area contributed by atoms with E-state index in [4.69, 9.17) is 14.6 Å². The van der Waals surface area contributed by atoms with Crippen molar-refractivity contribution in [1.82, 2.24) is 0 Å². The van der Waals surface area contributed by atoms with Gasteiger partial charge in [-0.1, -0.05) is 43.5 Å². The number of carbonyl (C=O) groups is 1. The van der Waals surface area contributed by atoms with Gasteiger partial charge in [-0.3, -0.25) is 0 Å². The molecule has 0 aromatic heterocycles. The molecule has 0 saturated heterocycles. The number of fused-ring (bicyclic) bond motifs is 3. The molecule has 3 rings (SSSR count). The number of carboxylic acids is 1. The average Bonchev–Trinajstić information content (AvgIpc) is 2.60. The zero-order valence-electron chi connectivity index (χ0n) is 17.1. The van der Waals surface area contributed by atoms with Gasteiger partial charge in [-0.2, -0.15) is 8.78 Å². The SMILES string of the molecule is CCCCCc1cc(OC(F)(F)C(=O)O)c2c(c1)OC(C)(C)c1ccc(C)cc1-2. The Morgan fingerprint density at radius 1 is 1.21 bits per heavy atom. The number of carboxylic acid groups (broad SMARTS) is 1. The van der Waals surface area contributed by atoms with Crippen LogP contribution in [0.5, 0.6) is 11.5 Å². The first kappa shape index (κ1) is 21.1. The molecule has 156 valence electrons. The summed E-state index contributed by atoms with van der Waals surface area (Å²) in [6.07, 6.45) is -0.745. The molecule has 1 N–H and O–H groups in total. The lowest BCUT2D eigenvalue weighted by atomic mass is 9.84. The number of aryl methyl sites for hydroxylation is 2. The van der Waals surface area contributed by atoms with E-state index >= 15 is 0 Å². The minimum absolute atomic E-state index is 0.177. The second-order valence-electron chi connectivity index (χ2n) is 8.01. The Labute approximate surface area is 169 Å². The summed E-state index contributed by atoms with van der Waals surface area (Å²) in [6, 6.07) is 9.09. The van der Waals surface area contributed by atoms with Crippen molar-refractivity contribution in [2.75, 3.05) is 0 Å². The minimum atomic E-state index is -4.34. The molecule has 0 saturated carbocycles. The molecule has 0 radical (unpaired) electrons. The van der Waals surface area contributed by atoms with Gasteiger partial charge in [0.15, 0.2) is 0 Å². The third-order valence-electron chi connectivity index (χ3n) is 5.14. The first-order valence-electron chi connectivity index (χ1n) is 9.83. The Bertz CT molecular complexity index is 935. The fraction of sp³-hybridized carbons (Fsp3) is 0.435. The Balaban J connectivity index is 2.19. The number of hydrogen-bond donors (Lipinski definition) is 1. The normalized spacial score (nSPS) is 14.6. The molecule has 0 atom stereocenters. The lowest BCUT2D eigenvalue weighted by Crippen LogP contribution is -2.35. The summed E-state index contributed by atoms with van der Waals surface area (Å²) in [5.74, 6) is -2.08. The van der Waals surface area contributed by atoms with Crippen molar-refractivity contribution in [2.24, 2.45) is 0 Å². The molecule has 4 nitrogen and oxygen atoms in total. The number of unbranched alkanes of at least 4 members (excludes halogenated alkanes) is 2. The van der Waals surface area contributed by atoms with Crippen LogP contribution in [0.3, 0.4) is 0 Å². The highest BCUT2D eigenvalue weighted by atomic mass is 19.3. The van der Waals surface area contributed by atoms with E-state index in [0.717, 1.165) is 36.0 Å². The fourth-order valence-electron chi connectivity index (χ4n) is 3.70. The number of benzene rings is 2. The number of alkyl halides is 2. The molecule has 29 heavy (non-hydrogen) atoms. The van der Waals surface area contributed by atoms with Crippen molar-refractivity contribution in [2.45, 2.75) is 65.1 Å². The summed E-state index contributed by atoms with van der Waals surface area (Å²) in [7, 11) is 0. The highest BCUT2D eigenvalue weighted by Crippen LogP contribution is 2.51. The van der Waals surface area contributed by atoms with E-state index in [0.29, 0.717) is 23.3 Å². The molecule has 0 unspecified atom stereocenters. The summed E-state index contributed by atoms with van der Waals surface area (Å²) in [4.78, 5) is 11.0. The van der Waals surface area contributed by atoms with Crippen LogP contribution < -0.4 is 9.47 Å². The van der Waals surface area contributed by atoms with Gasteiger partial charge < -0.3 is 14.6 Å². The third kappa shape index (κ3) is 4.21. The molecular formula is C23H26F2O4. The summed E-state index contributed by atoms with van der Waals surface area (Å²) in [5, 5.41) is 8.87. The first-order chi connectivity index (χ1) is 13.5. The first-order valence-corrected chi connectivity index (χ1v) is 9.83. The molecule has 1 aliphatic heterocycles. The van der Waals surface area contributed by atoms with Crippen LogP contribution in [0.1, 0.15) is 56.7 Å². The van der Waals surface area contributed by atoms with E-state index in [1.165, 1.54) is 6.07 Å².